The third-order valence-corrected chi connectivity index (χ3v) is 3.98. The van der Waals surface area contributed by atoms with Crippen LogP contribution in [0.15, 0.2) is 24.3 Å². The molecule has 17 heavy (non-hydrogen) atoms. The fourth-order valence-electron chi connectivity index (χ4n) is 2.59. The van der Waals surface area contributed by atoms with Crippen molar-refractivity contribution >= 4 is 5.69 Å². The SMILES string of the molecule is CC(C)C(O)(CN)C1CCc2ccccc2N1. The molecule has 4 N–H and O–H groups in total. The molecule has 0 saturated carbocycles. The molecule has 0 spiro atoms. The zero-order chi connectivity index (χ0) is 12.5. The average Bonchev–Trinajstić information content (AvgIpc) is 2.37. The highest BCUT2D eigenvalue weighted by Gasteiger charge is 2.39. The molecule has 1 aliphatic heterocycles. The zero-order valence-electron chi connectivity index (χ0n) is 10.6. The van der Waals surface area contributed by atoms with Gasteiger partial charge in [-0.25, -0.2) is 0 Å². The van der Waals surface area contributed by atoms with E-state index >= 15 is 0 Å². The summed E-state index contributed by atoms with van der Waals surface area (Å²) in [5, 5.41) is 14.1. The molecule has 0 radical (unpaired) electrons. The van der Waals surface area contributed by atoms with Gasteiger partial charge in [-0.15, -0.1) is 0 Å². The maximum absolute atomic E-state index is 10.7. The predicted octanol–water partition coefficient (Wildman–Crippen LogP) is 1.76. The number of hydrogen-bond acceptors (Lipinski definition) is 3. The summed E-state index contributed by atoms with van der Waals surface area (Å²) >= 11 is 0. The molecule has 2 unspecified atom stereocenters. The summed E-state index contributed by atoms with van der Waals surface area (Å²) in [6.07, 6.45) is 1.94. The van der Waals surface area contributed by atoms with Crippen molar-refractivity contribution in [2.75, 3.05) is 11.9 Å². The van der Waals surface area contributed by atoms with Crippen LogP contribution in [0.1, 0.15) is 25.8 Å². The van der Waals surface area contributed by atoms with Crippen LogP contribution in [0.2, 0.25) is 0 Å². The Bertz CT molecular complexity index is 392. The van der Waals surface area contributed by atoms with Crippen LogP contribution in [0.25, 0.3) is 0 Å². The molecule has 3 heteroatoms. The van der Waals surface area contributed by atoms with Gasteiger partial charge >= 0.3 is 0 Å². The average molecular weight is 234 g/mol. The van der Waals surface area contributed by atoms with Crippen molar-refractivity contribution in [2.45, 2.75) is 38.3 Å². The van der Waals surface area contributed by atoms with Crippen molar-refractivity contribution in [1.82, 2.24) is 0 Å². The van der Waals surface area contributed by atoms with Gasteiger partial charge in [0.25, 0.3) is 0 Å². The van der Waals surface area contributed by atoms with Gasteiger partial charge in [0.05, 0.1) is 11.6 Å². The van der Waals surface area contributed by atoms with Crippen LogP contribution in [0.4, 0.5) is 5.69 Å². The highest BCUT2D eigenvalue weighted by atomic mass is 16.3. The lowest BCUT2D eigenvalue weighted by Crippen LogP contribution is -2.56. The third-order valence-electron chi connectivity index (χ3n) is 3.98. The van der Waals surface area contributed by atoms with Crippen molar-refractivity contribution in [1.29, 1.82) is 0 Å². The Morgan fingerprint density at radius 1 is 1.47 bits per heavy atom. The van der Waals surface area contributed by atoms with Crippen LogP contribution in [0, 0.1) is 5.92 Å². The van der Waals surface area contributed by atoms with Gasteiger partial charge in [-0.3, -0.25) is 0 Å². The van der Waals surface area contributed by atoms with Crippen molar-refractivity contribution in [3.8, 4) is 0 Å². The summed E-state index contributed by atoms with van der Waals surface area (Å²) < 4.78 is 0. The van der Waals surface area contributed by atoms with E-state index in [2.05, 4.69) is 23.5 Å². The Labute approximate surface area is 103 Å². The molecule has 1 aromatic rings. The fourth-order valence-corrected chi connectivity index (χ4v) is 2.59. The Morgan fingerprint density at radius 3 is 2.82 bits per heavy atom. The largest absolute Gasteiger partial charge is 0.386 e. The number of hydrogen-bond donors (Lipinski definition) is 3. The van der Waals surface area contributed by atoms with Crippen LogP contribution < -0.4 is 11.1 Å². The molecule has 1 heterocycles. The van der Waals surface area contributed by atoms with E-state index in [1.54, 1.807) is 0 Å². The number of rotatable bonds is 3. The molecule has 0 amide bonds. The number of aryl methyl sites for hydroxylation is 1. The van der Waals surface area contributed by atoms with Gasteiger partial charge in [0.15, 0.2) is 0 Å². The minimum atomic E-state index is -0.826. The molecule has 3 nitrogen and oxygen atoms in total. The second-order valence-electron chi connectivity index (χ2n) is 5.24. The highest BCUT2D eigenvalue weighted by molar-refractivity contribution is 5.54. The molecule has 0 fully saturated rings. The second kappa shape index (κ2) is 4.67. The van der Waals surface area contributed by atoms with Crippen molar-refractivity contribution in [2.24, 2.45) is 11.7 Å². The maximum atomic E-state index is 10.7. The summed E-state index contributed by atoms with van der Waals surface area (Å²) in [4.78, 5) is 0. The summed E-state index contributed by atoms with van der Waals surface area (Å²) in [6, 6.07) is 8.32. The van der Waals surface area contributed by atoms with Gasteiger partial charge in [0, 0.05) is 12.2 Å². The molecule has 1 aromatic carbocycles. The molecule has 0 aliphatic carbocycles. The lowest BCUT2D eigenvalue weighted by molar-refractivity contribution is -0.0170. The molecule has 2 rings (SSSR count). The molecular formula is C14H22N2O. The standard InChI is InChI=1S/C14H22N2O/c1-10(2)14(17,9-15)13-8-7-11-5-3-4-6-12(11)16-13/h3-6,10,13,16-17H,7-9,15H2,1-2H3. The molecule has 2 atom stereocenters. The van der Waals surface area contributed by atoms with Gasteiger partial charge in [-0.1, -0.05) is 32.0 Å². The van der Waals surface area contributed by atoms with Crippen LogP contribution in [0.3, 0.4) is 0 Å². The van der Waals surface area contributed by atoms with Crippen molar-refractivity contribution in [3.63, 3.8) is 0 Å². The van der Waals surface area contributed by atoms with E-state index in [-0.39, 0.29) is 12.0 Å². The lowest BCUT2D eigenvalue weighted by Gasteiger charge is -2.42. The van der Waals surface area contributed by atoms with E-state index in [0.717, 1.165) is 18.5 Å². The number of nitrogens with one attached hydrogen (secondary N) is 1. The summed E-state index contributed by atoms with van der Waals surface area (Å²) in [6.45, 7) is 4.34. The number of nitrogens with two attached hydrogens (primary N) is 1. The topological polar surface area (TPSA) is 58.3 Å². The van der Waals surface area contributed by atoms with Crippen molar-refractivity contribution < 1.29 is 5.11 Å². The van der Waals surface area contributed by atoms with E-state index in [4.69, 9.17) is 5.73 Å². The van der Waals surface area contributed by atoms with Gasteiger partial charge in [0.1, 0.15) is 0 Å². The van der Waals surface area contributed by atoms with Crippen LogP contribution in [0.5, 0.6) is 0 Å². The van der Waals surface area contributed by atoms with E-state index in [1.807, 2.05) is 19.9 Å². The monoisotopic (exact) mass is 234 g/mol. The fraction of sp³-hybridized carbons (Fsp3) is 0.571. The first-order chi connectivity index (χ1) is 8.08. The number of aliphatic hydroxyl groups is 1. The Kier molecular flexibility index (Phi) is 3.40. The van der Waals surface area contributed by atoms with E-state index < -0.39 is 5.60 Å². The Hall–Kier alpha value is -1.06. The molecule has 0 aromatic heterocycles. The molecule has 94 valence electrons. The van der Waals surface area contributed by atoms with Gasteiger partial charge in [-0.05, 0) is 30.4 Å². The van der Waals surface area contributed by atoms with Crippen molar-refractivity contribution in [3.05, 3.63) is 29.8 Å². The Morgan fingerprint density at radius 2 is 2.18 bits per heavy atom. The third kappa shape index (κ3) is 2.17. The molecule has 0 saturated heterocycles. The number of fused-ring (bicyclic) bond motifs is 1. The summed E-state index contributed by atoms with van der Waals surface area (Å²) in [5.74, 6) is 0.148. The molecular weight excluding hydrogens is 212 g/mol. The lowest BCUT2D eigenvalue weighted by atomic mass is 9.79. The molecule has 1 aliphatic rings. The minimum absolute atomic E-state index is 0.0439. The zero-order valence-corrected chi connectivity index (χ0v) is 10.6. The quantitative estimate of drug-likeness (QED) is 0.747. The van der Waals surface area contributed by atoms with Crippen LogP contribution in [-0.2, 0) is 6.42 Å². The first kappa shape index (κ1) is 12.4. The van der Waals surface area contributed by atoms with E-state index in [9.17, 15) is 5.11 Å². The number of anilines is 1. The highest BCUT2D eigenvalue weighted by Crippen LogP contribution is 2.32. The summed E-state index contributed by atoms with van der Waals surface area (Å²) in [5.41, 5.74) is 7.40. The van der Waals surface area contributed by atoms with E-state index in [0.29, 0.717) is 6.54 Å². The first-order valence-electron chi connectivity index (χ1n) is 6.35. The second-order valence-corrected chi connectivity index (χ2v) is 5.24. The Balaban J connectivity index is 2.22. The van der Waals surface area contributed by atoms with Gasteiger partial charge in [0.2, 0.25) is 0 Å². The minimum Gasteiger partial charge on any atom is -0.386 e. The number of para-hydroxylation sites is 1. The van der Waals surface area contributed by atoms with E-state index in [1.165, 1.54) is 5.56 Å². The molecule has 0 bridgehead atoms. The normalized spacial score (nSPS) is 22.8. The summed E-state index contributed by atoms with van der Waals surface area (Å²) in [7, 11) is 0. The van der Waals surface area contributed by atoms with Gasteiger partial charge < -0.3 is 16.2 Å². The predicted molar refractivity (Wildman–Crippen MR) is 71.0 cm³/mol. The first-order valence-corrected chi connectivity index (χ1v) is 6.35. The van der Waals surface area contributed by atoms with Crippen LogP contribution >= 0.6 is 0 Å². The van der Waals surface area contributed by atoms with Crippen LogP contribution in [-0.4, -0.2) is 23.3 Å². The maximum Gasteiger partial charge on any atom is 0.0991 e. The number of benzene rings is 1. The smallest absolute Gasteiger partial charge is 0.0991 e. The van der Waals surface area contributed by atoms with Gasteiger partial charge in [-0.2, -0.15) is 0 Å².